The number of benzene rings is 4. The van der Waals surface area contributed by atoms with Gasteiger partial charge in [-0.05, 0) is 85.7 Å². The largest absolute Gasteiger partial charge is 0.497 e. The van der Waals surface area contributed by atoms with Crippen LogP contribution in [0.25, 0.3) is 0 Å². The molecule has 11 heteroatoms. The molecule has 1 aliphatic carbocycles. The zero-order chi connectivity index (χ0) is 36.2. The number of nitrogens with one attached hydrogen (secondary N) is 1. The van der Waals surface area contributed by atoms with E-state index in [2.05, 4.69) is 5.32 Å². The number of nitrogens with zero attached hydrogens (tertiary/aromatic N) is 2. The van der Waals surface area contributed by atoms with Crippen LogP contribution in [-0.4, -0.2) is 63.7 Å². The number of para-hydroxylation sites is 2. The highest BCUT2D eigenvalue weighted by Gasteiger charge is 2.36. The molecule has 9 nitrogen and oxygen atoms in total. The van der Waals surface area contributed by atoms with Gasteiger partial charge >= 0.3 is 0 Å². The van der Waals surface area contributed by atoms with E-state index in [1.807, 2.05) is 67.8 Å². The quantitative estimate of drug-likeness (QED) is 0.123. The first-order valence-electron chi connectivity index (χ1n) is 17.4. The summed E-state index contributed by atoms with van der Waals surface area (Å²) in [5.74, 6) is 0.133. The monoisotopic (exact) mass is 729 g/mol. The minimum atomic E-state index is -4.28. The zero-order valence-electron chi connectivity index (χ0n) is 29.5. The highest BCUT2D eigenvalue weighted by Crippen LogP contribution is 2.33. The van der Waals surface area contributed by atoms with Gasteiger partial charge in [0, 0.05) is 23.9 Å². The number of carbonyl (C=O) groups excluding carboxylic acids is 2. The molecule has 5 rings (SSSR count). The van der Waals surface area contributed by atoms with Gasteiger partial charge in [0.1, 0.15) is 24.1 Å². The van der Waals surface area contributed by atoms with Gasteiger partial charge in [-0.15, -0.1) is 11.8 Å². The number of sulfonamides is 1. The van der Waals surface area contributed by atoms with E-state index in [1.165, 1.54) is 16.7 Å². The Morgan fingerprint density at radius 3 is 2.25 bits per heavy atom. The first-order valence-corrected chi connectivity index (χ1v) is 20.0. The van der Waals surface area contributed by atoms with Crippen molar-refractivity contribution in [1.82, 2.24) is 10.2 Å². The Hall–Kier alpha value is -4.48. The predicted octanol–water partition coefficient (Wildman–Crippen LogP) is 7.10. The van der Waals surface area contributed by atoms with Crippen molar-refractivity contribution in [1.29, 1.82) is 0 Å². The third-order valence-electron chi connectivity index (χ3n) is 9.07. The van der Waals surface area contributed by atoms with Crippen molar-refractivity contribution >= 4 is 39.3 Å². The van der Waals surface area contributed by atoms with Crippen LogP contribution in [0, 0.1) is 0 Å². The molecule has 1 N–H and O–H groups in total. The number of amides is 2. The van der Waals surface area contributed by atoms with Gasteiger partial charge in [-0.2, -0.15) is 0 Å². The molecule has 0 aromatic heterocycles. The number of rotatable bonds is 16. The van der Waals surface area contributed by atoms with Crippen molar-refractivity contribution in [3.63, 3.8) is 0 Å². The molecule has 0 radical (unpaired) electrons. The molecule has 1 saturated carbocycles. The van der Waals surface area contributed by atoms with Crippen molar-refractivity contribution in [2.24, 2.45) is 0 Å². The summed E-state index contributed by atoms with van der Waals surface area (Å²) in [4.78, 5) is 31.8. The van der Waals surface area contributed by atoms with E-state index in [0.717, 1.165) is 52.4 Å². The molecule has 1 fully saturated rings. The van der Waals surface area contributed by atoms with E-state index in [0.29, 0.717) is 18.1 Å². The van der Waals surface area contributed by atoms with Gasteiger partial charge in [0.25, 0.3) is 10.0 Å². The Labute approximate surface area is 306 Å². The smallest absolute Gasteiger partial charge is 0.264 e. The van der Waals surface area contributed by atoms with Crippen LogP contribution in [0.3, 0.4) is 0 Å². The summed E-state index contributed by atoms with van der Waals surface area (Å²) in [6.45, 7) is 1.60. The normalized spacial score (nSPS) is 13.9. The van der Waals surface area contributed by atoms with Gasteiger partial charge in [-0.25, -0.2) is 8.42 Å². The number of carbonyl (C=O) groups is 2. The van der Waals surface area contributed by atoms with Crippen molar-refractivity contribution < 1.29 is 27.5 Å². The lowest BCUT2D eigenvalue weighted by Crippen LogP contribution is -2.55. The van der Waals surface area contributed by atoms with Gasteiger partial charge in [0.2, 0.25) is 11.8 Å². The van der Waals surface area contributed by atoms with Crippen LogP contribution in [0.1, 0.15) is 50.2 Å². The SMILES string of the molecule is CCOc1ccccc1N(CC(=O)N(Cc1cccc(OC)c1)[C@H](Cc1ccccc1)C(=O)NC1CCCCC1)S(=O)(=O)c1ccc(SC)cc1. The van der Waals surface area contributed by atoms with E-state index < -0.39 is 28.5 Å². The maximum atomic E-state index is 14.9. The fourth-order valence-corrected chi connectivity index (χ4v) is 8.23. The van der Waals surface area contributed by atoms with Gasteiger partial charge in [-0.1, -0.05) is 73.9 Å². The average molecular weight is 730 g/mol. The number of thioether (sulfide) groups is 1. The number of ether oxygens (including phenoxy) is 2. The zero-order valence-corrected chi connectivity index (χ0v) is 31.1. The van der Waals surface area contributed by atoms with Crippen LogP contribution >= 0.6 is 11.8 Å². The highest BCUT2D eigenvalue weighted by atomic mass is 32.2. The lowest BCUT2D eigenvalue weighted by atomic mass is 9.94. The third-order valence-corrected chi connectivity index (χ3v) is 11.6. The minimum Gasteiger partial charge on any atom is -0.497 e. The van der Waals surface area contributed by atoms with Gasteiger partial charge in [0.05, 0.1) is 24.3 Å². The van der Waals surface area contributed by atoms with E-state index in [-0.39, 0.29) is 35.5 Å². The van der Waals surface area contributed by atoms with Gasteiger partial charge < -0.3 is 19.7 Å². The Morgan fingerprint density at radius 1 is 0.882 bits per heavy atom. The second kappa shape index (κ2) is 18.1. The van der Waals surface area contributed by atoms with Crippen LogP contribution in [0.15, 0.2) is 113 Å². The third kappa shape index (κ3) is 9.86. The van der Waals surface area contributed by atoms with E-state index >= 15 is 0 Å². The number of anilines is 1. The summed E-state index contributed by atoms with van der Waals surface area (Å²) in [5, 5.41) is 3.25. The van der Waals surface area contributed by atoms with Crippen molar-refractivity contribution in [2.75, 3.05) is 30.8 Å². The second-order valence-electron chi connectivity index (χ2n) is 12.5. The number of hydrogen-bond acceptors (Lipinski definition) is 7. The lowest BCUT2D eigenvalue weighted by molar-refractivity contribution is -0.140. The van der Waals surface area contributed by atoms with Crippen LogP contribution in [-0.2, 0) is 32.6 Å². The molecule has 0 aliphatic heterocycles. The molecule has 270 valence electrons. The number of hydrogen-bond donors (Lipinski definition) is 1. The summed E-state index contributed by atoms with van der Waals surface area (Å²) in [6, 6.07) is 29.4. The van der Waals surface area contributed by atoms with E-state index in [9.17, 15) is 18.0 Å². The van der Waals surface area contributed by atoms with Crippen molar-refractivity contribution in [2.45, 2.75) is 73.9 Å². The fourth-order valence-electron chi connectivity index (χ4n) is 6.39. The molecule has 4 aromatic rings. The summed E-state index contributed by atoms with van der Waals surface area (Å²) < 4.78 is 41.6. The van der Waals surface area contributed by atoms with Crippen LogP contribution in [0.5, 0.6) is 11.5 Å². The van der Waals surface area contributed by atoms with Gasteiger partial charge in [0.15, 0.2) is 0 Å². The summed E-state index contributed by atoms with van der Waals surface area (Å²) >= 11 is 1.50. The fraction of sp³-hybridized carbons (Fsp3) is 0.350. The Kier molecular flexibility index (Phi) is 13.4. The van der Waals surface area contributed by atoms with Crippen LogP contribution in [0.2, 0.25) is 0 Å². The minimum absolute atomic E-state index is 0.0116. The molecule has 1 aliphatic rings. The number of methoxy groups -OCH3 is 1. The molecule has 0 bridgehead atoms. The predicted molar refractivity (Wildman–Crippen MR) is 203 cm³/mol. The Morgan fingerprint density at radius 2 is 1.57 bits per heavy atom. The first-order chi connectivity index (χ1) is 24.7. The maximum Gasteiger partial charge on any atom is 0.264 e. The molecule has 0 spiro atoms. The summed E-state index contributed by atoms with van der Waals surface area (Å²) in [6.07, 6.45) is 7.11. The standard InChI is InChI=1S/C40H47N3O6S2/c1-4-49-38-21-12-11-20-36(38)43(51(46,47)35-24-22-34(50-3)23-25-35)29-39(44)42(28-31-16-13-19-33(26-31)48-2)37(27-30-14-7-5-8-15-30)40(45)41-32-17-9-6-10-18-32/h5,7-8,11-16,19-26,32,37H,4,6,9-10,17-18,27-29H2,1-3H3,(H,41,45)/t37-/m1/s1. The summed E-state index contributed by atoms with van der Waals surface area (Å²) in [5.41, 5.74) is 1.85. The first kappa shape index (κ1) is 37.8. The molecular weight excluding hydrogens is 683 g/mol. The van der Waals surface area contributed by atoms with E-state index in [4.69, 9.17) is 9.47 Å². The molecule has 0 saturated heterocycles. The highest BCUT2D eigenvalue weighted by molar-refractivity contribution is 7.98. The topological polar surface area (TPSA) is 105 Å². The van der Waals surface area contributed by atoms with E-state index in [1.54, 1.807) is 55.6 Å². The molecule has 1 atom stereocenters. The molecular formula is C40H47N3O6S2. The average Bonchev–Trinajstić information content (AvgIpc) is 3.16. The van der Waals surface area contributed by atoms with Crippen LogP contribution in [0.4, 0.5) is 5.69 Å². The Balaban J connectivity index is 1.60. The second-order valence-corrected chi connectivity index (χ2v) is 15.3. The van der Waals surface area contributed by atoms with Crippen molar-refractivity contribution in [3.8, 4) is 11.5 Å². The summed E-state index contributed by atoms with van der Waals surface area (Å²) in [7, 11) is -2.71. The van der Waals surface area contributed by atoms with Gasteiger partial charge in [-0.3, -0.25) is 13.9 Å². The van der Waals surface area contributed by atoms with Crippen LogP contribution < -0.4 is 19.1 Å². The molecule has 0 heterocycles. The Bertz CT molecular complexity index is 1850. The van der Waals surface area contributed by atoms with Crippen molar-refractivity contribution in [3.05, 3.63) is 114 Å². The molecule has 51 heavy (non-hydrogen) atoms. The molecule has 4 aromatic carbocycles. The molecule has 0 unspecified atom stereocenters. The molecule has 2 amide bonds. The maximum absolute atomic E-state index is 14.9. The lowest BCUT2D eigenvalue weighted by Gasteiger charge is -2.35.